The van der Waals surface area contributed by atoms with Crippen molar-refractivity contribution in [2.24, 2.45) is 13.0 Å². The van der Waals surface area contributed by atoms with Gasteiger partial charge in [0.05, 0.1) is 5.52 Å². The van der Waals surface area contributed by atoms with Gasteiger partial charge >= 0.3 is 0 Å². The van der Waals surface area contributed by atoms with Crippen LogP contribution in [0.15, 0.2) is 41.2 Å². The van der Waals surface area contributed by atoms with E-state index in [0.29, 0.717) is 34.6 Å². The first-order valence-corrected chi connectivity index (χ1v) is 10.7. The maximum atomic E-state index is 13.2. The topological polar surface area (TPSA) is 75.4 Å². The van der Waals surface area contributed by atoms with E-state index in [-0.39, 0.29) is 50.0 Å². The largest absolute Gasteiger partial charge is 0.506 e. The summed E-state index contributed by atoms with van der Waals surface area (Å²) in [6.45, 7) is 6.77. The fourth-order valence-electron chi connectivity index (χ4n) is 4.39. The van der Waals surface area contributed by atoms with E-state index < -0.39 is 0 Å². The summed E-state index contributed by atoms with van der Waals surface area (Å²) in [5.74, 6) is 0.383. The first-order chi connectivity index (χ1) is 14.8. The number of aromatic nitrogens is 2. The molecule has 1 amide bonds. The number of para-hydroxylation sites is 1. The van der Waals surface area contributed by atoms with E-state index >= 15 is 0 Å². The molecule has 4 rings (SSSR count). The number of nitrogens with zero attached hydrogens (tertiary/aromatic N) is 3. The normalized spacial score (nSPS) is 14.9. The number of carbonyl (C=O) groups excluding carboxylic acids is 1. The van der Waals surface area contributed by atoms with E-state index in [1.165, 1.54) is 4.57 Å². The van der Waals surface area contributed by atoms with Gasteiger partial charge in [-0.3, -0.25) is 9.59 Å². The molecule has 168 valence electrons. The quantitative estimate of drug-likeness (QED) is 0.428. The smallest absolute Gasteiger partial charge is 0.277 e. The molecule has 32 heavy (non-hydrogen) atoms. The van der Waals surface area contributed by atoms with Crippen molar-refractivity contribution in [3.63, 3.8) is 0 Å². The third-order valence-corrected chi connectivity index (χ3v) is 6.56. The Morgan fingerprint density at radius 2 is 1.81 bits per heavy atom. The minimum absolute atomic E-state index is 0. The van der Waals surface area contributed by atoms with Crippen LogP contribution in [0.1, 0.15) is 49.5 Å². The number of aromatic hydroxyl groups is 1. The van der Waals surface area contributed by atoms with Gasteiger partial charge in [-0.25, -0.2) is 4.98 Å². The van der Waals surface area contributed by atoms with Crippen LogP contribution in [0.4, 0.5) is 0 Å². The summed E-state index contributed by atoms with van der Waals surface area (Å²) in [6, 6.07) is 10.5. The number of rotatable bonds is 6. The molecule has 2 heterocycles. The van der Waals surface area contributed by atoms with Crippen LogP contribution in [0.5, 0.6) is 5.75 Å². The van der Waals surface area contributed by atoms with Crippen molar-refractivity contribution in [1.29, 1.82) is 0 Å². The zero-order valence-corrected chi connectivity index (χ0v) is 21.8. The summed E-state index contributed by atoms with van der Waals surface area (Å²) in [5, 5.41) is 10.3. The maximum Gasteiger partial charge on any atom is 0.277 e. The fraction of sp³-hybridized carbons (Fsp3) is 0.360. The number of phenols is 1. The molecular weight excluding hydrogens is 574 g/mol. The van der Waals surface area contributed by atoms with Gasteiger partial charge < -0.3 is 21.0 Å². The number of carbonyl (C=O) groups is 1. The van der Waals surface area contributed by atoms with Gasteiger partial charge in [0.2, 0.25) is 0 Å². The van der Waals surface area contributed by atoms with E-state index in [2.05, 4.69) is 32.2 Å². The molecule has 0 aliphatic carbocycles. The molecule has 0 saturated heterocycles. The van der Waals surface area contributed by atoms with E-state index in [1.54, 1.807) is 31.3 Å². The van der Waals surface area contributed by atoms with Crippen molar-refractivity contribution in [1.82, 2.24) is 14.5 Å². The zero-order valence-electron chi connectivity index (χ0n) is 18.8. The molecule has 1 aliphatic heterocycles. The monoisotopic (exact) mass is 602 g/mol. The SMILES string of the molecule is C[CH-]CCC(C)C(C)N1Cc2c(cccc2-c2nc3c(O)cccc3n(C)c2=O)C1=O.[W]. The predicted molar refractivity (Wildman–Crippen MR) is 122 cm³/mol. The van der Waals surface area contributed by atoms with E-state index in [0.717, 1.165) is 18.4 Å². The third kappa shape index (κ3) is 4.01. The second-order valence-electron chi connectivity index (χ2n) is 8.44. The molecule has 0 fully saturated rings. The van der Waals surface area contributed by atoms with Crippen LogP contribution in [0.2, 0.25) is 0 Å². The summed E-state index contributed by atoms with van der Waals surface area (Å²) in [5.41, 5.74) is 3.04. The Morgan fingerprint density at radius 3 is 2.53 bits per heavy atom. The summed E-state index contributed by atoms with van der Waals surface area (Å²) in [6.07, 6.45) is 4.20. The molecule has 7 heteroatoms. The minimum atomic E-state index is -0.253. The summed E-state index contributed by atoms with van der Waals surface area (Å²) >= 11 is 0. The first kappa shape index (κ1) is 24.2. The molecule has 2 atom stereocenters. The van der Waals surface area contributed by atoms with Gasteiger partial charge in [-0.2, -0.15) is 13.3 Å². The molecule has 2 aromatic carbocycles. The van der Waals surface area contributed by atoms with Gasteiger partial charge in [0, 0.05) is 51.8 Å². The van der Waals surface area contributed by atoms with Gasteiger partial charge in [-0.1, -0.05) is 31.5 Å². The van der Waals surface area contributed by atoms with Gasteiger partial charge in [-0.05, 0) is 36.6 Å². The fourth-order valence-corrected chi connectivity index (χ4v) is 4.39. The molecular formula is C25H28N3O3W-. The third-order valence-electron chi connectivity index (χ3n) is 6.56. The van der Waals surface area contributed by atoms with Crippen molar-refractivity contribution < 1.29 is 31.0 Å². The Morgan fingerprint density at radius 1 is 1.12 bits per heavy atom. The van der Waals surface area contributed by atoms with Crippen LogP contribution in [0, 0.1) is 12.3 Å². The molecule has 1 aromatic heterocycles. The molecule has 1 N–H and O–H groups in total. The number of benzene rings is 2. The molecule has 0 saturated carbocycles. The number of fused-ring (bicyclic) bond motifs is 2. The first-order valence-electron chi connectivity index (χ1n) is 10.7. The average molecular weight is 602 g/mol. The van der Waals surface area contributed by atoms with Crippen molar-refractivity contribution in [3.8, 4) is 17.0 Å². The molecule has 0 radical (unpaired) electrons. The average Bonchev–Trinajstić information content (AvgIpc) is 3.11. The van der Waals surface area contributed by atoms with Crippen LogP contribution < -0.4 is 5.56 Å². The van der Waals surface area contributed by atoms with E-state index in [9.17, 15) is 14.7 Å². The zero-order chi connectivity index (χ0) is 22.3. The number of hydrogen-bond donors (Lipinski definition) is 1. The Balaban J connectivity index is 0.00000289. The molecule has 1 aliphatic rings. The summed E-state index contributed by atoms with van der Waals surface area (Å²) < 4.78 is 1.50. The predicted octanol–water partition coefficient (Wildman–Crippen LogP) is 4.29. The summed E-state index contributed by atoms with van der Waals surface area (Å²) in [7, 11) is 1.67. The Hall–Kier alpha value is -2.46. The van der Waals surface area contributed by atoms with Crippen molar-refractivity contribution in [2.45, 2.75) is 46.2 Å². The van der Waals surface area contributed by atoms with Gasteiger partial charge in [0.25, 0.3) is 11.5 Å². The molecule has 2 unspecified atom stereocenters. The Bertz CT molecular complexity index is 1220. The van der Waals surface area contributed by atoms with Gasteiger partial charge in [0.1, 0.15) is 17.0 Å². The van der Waals surface area contributed by atoms with E-state index in [4.69, 9.17) is 0 Å². The standard InChI is InChI=1S/C25H28N3O3.W/c1-5-6-9-15(2)16(3)28-14-19-17(10-7-11-18(19)24(28)30)22-25(31)27(4)20-12-8-13-21(29)23(20)26-22;/h5,7-8,10-13,15-16,29H,6,9,14H2,1-4H3;/q-1;. The number of phenolic OH excluding ortho intramolecular Hbond substituents is 1. The number of aryl methyl sites for hydroxylation is 1. The van der Waals surface area contributed by atoms with Crippen molar-refractivity contribution in [2.75, 3.05) is 0 Å². The second kappa shape index (κ2) is 9.58. The summed E-state index contributed by atoms with van der Waals surface area (Å²) in [4.78, 5) is 32.8. The molecule has 3 aromatic rings. The van der Waals surface area contributed by atoms with Crippen molar-refractivity contribution in [3.05, 3.63) is 64.3 Å². The van der Waals surface area contributed by atoms with Crippen LogP contribution in [-0.4, -0.2) is 31.5 Å². The minimum Gasteiger partial charge on any atom is -0.506 e. The number of unbranched alkanes of at least 4 members (excludes halogenated alkanes) is 1. The van der Waals surface area contributed by atoms with E-state index in [1.807, 2.05) is 17.0 Å². The van der Waals surface area contributed by atoms with Crippen molar-refractivity contribution >= 4 is 16.9 Å². The maximum absolute atomic E-state index is 13.2. The molecule has 6 nitrogen and oxygen atoms in total. The number of amides is 1. The number of hydrogen-bond acceptors (Lipinski definition) is 4. The van der Waals surface area contributed by atoms with Crippen LogP contribution in [-0.2, 0) is 34.7 Å². The molecule has 0 spiro atoms. The Labute approximate surface area is 202 Å². The van der Waals surface area contributed by atoms with Crippen LogP contribution >= 0.6 is 0 Å². The van der Waals surface area contributed by atoms with Gasteiger partial charge in [0.15, 0.2) is 0 Å². The second-order valence-corrected chi connectivity index (χ2v) is 8.44. The van der Waals surface area contributed by atoms with Crippen LogP contribution in [0.25, 0.3) is 22.3 Å². The Kier molecular flexibility index (Phi) is 7.24. The molecule has 0 bridgehead atoms. The van der Waals surface area contributed by atoms with Gasteiger partial charge in [-0.15, -0.1) is 0 Å². The van der Waals surface area contributed by atoms with Crippen LogP contribution in [0.3, 0.4) is 0 Å².